The zero-order valence-corrected chi connectivity index (χ0v) is 19.1. The fourth-order valence-electron chi connectivity index (χ4n) is 3.11. The number of rotatable bonds is 8. The molecule has 1 saturated heterocycles. The van der Waals surface area contributed by atoms with Crippen molar-refractivity contribution in [1.82, 2.24) is 0 Å². The van der Waals surface area contributed by atoms with Crippen LogP contribution < -0.4 is 0 Å². The van der Waals surface area contributed by atoms with Crippen LogP contribution in [0, 0.1) is 0 Å². The van der Waals surface area contributed by atoms with E-state index in [0.717, 1.165) is 35.4 Å². The van der Waals surface area contributed by atoms with Gasteiger partial charge >= 0.3 is 0 Å². The van der Waals surface area contributed by atoms with Gasteiger partial charge in [-0.15, -0.1) is 0 Å². The second-order valence-corrected chi connectivity index (χ2v) is 8.63. The van der Waals surface area contributed by atoms with Gasteiger partial charge in [0, 0.05) is 26.0 Å². The number of hydrogen-bond acceptors (Lipinski definition) is 3. The third-order valence-electron chi connectivity index (χ3n) is 4.56. The Hall–Kier alpha value is -0.330. The molecule has 0 N–H and O–H groups in total. The maximum atomic E-state index is 6.33. The summed E-state index contributed by atoms with van der Waals surface area (Å²) in [5, 5.41) is 2.54. The number of alkyl halides is 1. The maximum Gasteiger partial charge on any atom is 0.158 e. The Labute approximate surface area is 189 Å². The second kappa shape index (κ2) is 11.2. The van der Waals surface area contributed by atoms with Crippen LogP contribution >= 0.6 is 50.7 Å². The SMILES string of the molecule is Clc1ccc(COCC2CCCC(OC(CBr)c3ccc(Cl)cc3Cl)O2)cc1. The lowest BCUT2D eigenvalue weighted by molar-refractivity contribution is -0.221. The molecule has 0 radical (unpaired) electrons. The number of ether oxygens (including phenoxy) is 3. The summed E-state index contributed by atoms with van der Waals surface area (Å²) >= 11 is 21.7. The molecule has 0 saturated carbocycles. The molecule has 2 aromatic rings. The maximum absolute atomic E-state index is 6.33. The van der Waals surface area contributed by atoms with E-state index in [-0.39, 0.29) is 18.5 Å². The van der Waals surface area contributed by atoms with E-state index in [9.17, 15) is 0 Å². The Balaban J connectivity index is 1.50. The molecule has 1 fully saturated rings. The standard InChI is InChI=1S/C21H22BrCl3O3/c22-11-20(18-9-8-16(24)10-19(18)25)28-21-3-1-2-17(27-21)13-26-12-14-4-6-15(23)7-5-14/h4-10,17,20-21H,1-3,11-13H2. The molecule has 3 nitrogen and oxygen atoms in total. The third-order valence-corrected chi connectivity index (χ3v) is 5.96. The van der Waals surface area contributed by atoms with Crippen molar-refractivity contribution in [3.63, 3.8) is 0 Å². The van der Waals surface area contributed by atoms with E-state index in [1.54, 1.807) is 6.07 Å². The predicted octanol–water partition coefficient (Wildman–Crippen LogP) is 7.21. The van der Waals surface area contributed by atoms with Crippen molar-refractivity contribution in [1.29, 1.82) is 0 Å². The van der Waals surface area contributed by atoms with Gasteiger partial charge in [0.05, 0.1) is 25.4 Å². The molecule has 1 aliphatic rings. The zero-order chi connectivity index (χ0) is 19.9. The lowest BCUT2D eigenvalue weighted by atomic mass is 10.1. The highest BCUT2D eigenvalue weighted by molar-refractivity contribution is 9.09. The van der Waals surface area contributed by atoms with Crippen LogP contribution in [-0.2, 0) is 20.8 Å². The molecular weight excluding hydrogens is 486 g/mol. The van der Waals surface area contributed by atoms with Crippen molar-refractivity contribution in [2.75, 3.05) is 11.9 Å². The molecule has 1 heterocycles. The molecule has 3 atom stereocenters. The predicted molar refractivity (Wildman–Crippen MR) is 118 cm³/mol. The highest BCUT2D eigenvalue weighted by Gasteiger charge is 2.27. The molecule has 28 heavy (non-hydrogen) atoms. The second-order valence-electron chi connectivity index (χ2n) is 6.71. The number of hydrogen-bond donors (Lipinski definition) is 0. The van der Waals surface area contributed by atoms with Gasteiger partial charge < -0.3 is 14.2 Å². The van der Waals surface area contributed by atoms with Crippen molar-refractivity contribution in [2.24, 2.45) is 0 Å². The fourth-order valence-corrected chi connectivity index (χ4v) is 4.27. The van der Waals surface area contributed by atoms with Gasteiger partial charge in [0.2, 0.25) is 0 Å². The van der Waals surface area contributed by atoms with Crippen molar-refractivity contribution in [3.8, 4) is 0 Å². The summed E-state index contributed by atoms with van der Waals surface area (Å²) in [4.78, 5) is 0. The Morgan fingerprint density at radius 3 is 2.50 bits per heavy atom. The Kier molecular flexibility index (Phi) is 8.92. The minimum Gasteiger partial charge on any atom is -0.374 e. The monoisotopic (exact) mass is 506 g/mol. The van der Waals surface area contributed by atoms with Crippen LogP contribution in [0.1, 0.15) is 36.5 Å². The summed E-state index contributed by atoms with van der Waals surface area (Å²) in [6, 6.07) is 13.1. The molecular formula is C21H22BrCl3O3. The molecule has 152 valence electrons. The highest BCUT2D eigenvalue weighted by atomic mass is 79.9. The minimum atomic E-state index is -0.285. The molecule has 0 amide bonds. The van der Waals surface area contributed by atoms with Gasteiger partial charge in [-0.3, -0.25) is 0 Å². The van der Waals surface area contributed by atoms with Crippen molar-refractivity contribution in [3.05, 3.63) is 68.7 Å². The molecule has 0 bridgehead atoms. The summed E-state index contributed by atoms with van der Waals surface area (Å²) in [6.07, 6.45) is 2.37. The Morgan fingerprint density at radius 2 is 1.79 bits per heavy atom. The molecule has 1 aliphatic heterocycles. The molecule has 2 aromatic carbocycles. The first-order chi connectivity index (χ1) is 13.5. The average molecular weight is 509 g/mol. The number of halogens is 4. The van der Waals surface area contributed by atoms with Crippen LogP contribution in [0.2, 0.25) is 15.1 Å². The quantitative estimate of drug-likeness (QED) is 0.353. The lowest BCUT2D eigenvalue weighted by Crippen LogP contribution is -2.33. The van der Waals surface area contributed by atoms with Gasteiger partial charge in [-0.1, -0.05) is 68.9 Å². The highest BCUT2D eigenvalue weighted by Crippen LogP contribution is 2.33. The molecule has 0 spiro atoms. The smallest absolute Gasteiger partial charge is 0.158 e. The first-order valence-electron chi connectivity index (χ1n) is 9.19. The van der Waals surface area contributed by atoms with Crippen LogP contribution in [0.4, 0.5) is 0 Å². The summed E-state index contributed by atoms with van der Waals surface area (Å²) in [6.45, 7) is 1.07. The van der Waals surface area contributed by atoms with Crippen LogP contribution in [0.15, 0.2) is 42.5 Å². The molecule has 3 unspecified atom stereocenters. The van der Waals surface area contributed by atoms with E-state index in [1.165, 1.54) is 0 Å². The van der Waals surface area contributed by atoms with Gasteiger partial charge in [0.25, 0.3) is 0 Å². The first kappa shape index (κ1) is 22.4. The van der Waals surface area contributed by atoms with Gasteiger partial charge in [-0.25, -0.2) is 0 Å². The number of benzene rings is 2. The van der Waals surface area contributed by atoms with Gasteiger partial charge in [-0.05, 0) is 49.1 Å². The molecule has 0 aliphatic carbocycles. The van der Waals surface area contributed by atoms with Crippen LogP contribution in [0.3, 0.4) is 0 Å². The Morgan fingerprint density at radius 1 is 1.04 bits per heavy atom. The normalized spacial score (nSPS) is 20.9. The zero-order valence-electron chi connectivity index (χ0n) is 15.3. The van der Waals surface area contributed by atoms with Crippen LogP contribution in [-0.4, -0.2) is 24.3 Å². The van der Waals surface area contributed by atoms with E-state index in [1.807, 2.05) is 36.4 Å². The topological polar surface area (TPSA) is 27.7 Å². The van der Waals surface area contributed by atoms with Crippen molar-refractivity contribution in [2.45, 2.75) is 44.4 Å². The summed E-state index contributed by atoms with van der Waals surface area (Å²) in [5.74, 6) is 0. The van der Waals surface area contributed by atoms with E-state index < -0.39 is 0 Å². The van der Waals surface area contributed by atoms with Crippen LogP contribution in [0.25, 0.3) is 0 Å². The molecule has 3 rings (SSSR count). The van der Waals surface area contributed by atoms with Gasteiger partial charge in [0.15, 0.2) is 6.29 Å². The van der Waals surface area contributed by atoms with Crippen molar-refractivity contribution < 1.29 is 14.2 Å². The van der Waals surface area contributed by atoms with E-state index in [2.05, 4.69) is 15.9 Å². The van der Waals surface area contributed by atoms with E-state index in [4.69, 9.17) is 49.0 Å². The largest absolute Gasteiger partial charge is 0.374 e. The van der Waals surface area contributed by atoms with Crippen molar-refractivity contribution >= 4 is 50.7 Å². The fraction of sp³-hybridized carbons (Fsp3) is 0.429. The van der Waals surface area contributed by atoms with E-state index >= 15 is 0 Å². The van der Waals surface area contributed by atoms with Gasteiger partial charge in [0.1, 0.15) is 0 Å². The summed E-state index contributed by atoms with van der Waals surface area (Å²) in [7, 11) is 0. The average Bonchev–Trinajstić information content (AvgIpc) is 2.68. The molecule has 0 aromatic heterocycles. The molecule has 7 heteroatoms. The first-order valence-corrected chi connectivity index (χ1v) is 11.4. The summed E-state index contributed by atoms with van der Waals surface area (Å²) < 4.78 is 18.1. The lowest BCUT2D eigenvalue weighted by Gasteiger charge is -2.32. The summed E-state index contributed by atoms with van der Waals surface area (Å²) in [5.41, 5.74) is 1.98. The van der Waals surface area contributed by atoms with Gasteiger partial charge in [-0.2, -0.15) is 0 Å². The Bertz CT molecular complexity index is 757. The minimum absolute atomic E-state index is 0.0164. The third kappa shape index (κ3) is 6.60. The van der Waals surface area contributed by atoms with E-state index in [0.29, 0.717) is 28.6 Å². The van der Waals surface area contributed by atoms with Crippen LogP contribution in [0.5, 0.6) is 0 Å².